The first kappa shape index (κ1) is 19.0. The van der Waals surface area contributed by atoms with E-state index >= 15 is 0 Å². The summed E-state index contributed by atoms with van der Waals surface area (Å²) in [5.41, 5.74) is -0.942. The molecule has 2 aromatic carbocycles. The largest absolute Gasteiger partial charge is 0.508 e. The number of phenolic OH excluding ortho intramolecular Hbond substituents is 1. The molecule has 0 saturated carbocycles. The first-order valence-electron chi connectivity index (χ1n) is 8.52. The average molecular weight is 382 g/mol. The SMILES string of the molecule is O=C(Nc1cc(C(F)(F)F)ccc1N1CCCCC1)c1cc(O)ccc1F. The summed E-state index contributed by atoms with van der Waals surface area (Å²) in [7, 11) is 0. The number of nitrogens with zero attached hydrogens (tertiary/aromatic N) is 1. The Bertz CT molecular complexity index is 846. The molecule has 2 aromatic rings. The van der Waals surface area contributed by atoms with Gasteiger partial charge in [0.1, 0.15) is 11.6 Å². The zero-order valence-corrected chi connectivity index (χ0v) is 14.3. The van der Waals surface area contributed by atoms with Crippen LogP contribution in [0.3, 0.4) is 0 Å². The molecule has 144 valence electrons. The third-order valence-electron chi connectivity index (χ3n) is 4.46. The summed E-state index contributed by atoms with van der Waals surface area (Å²) in [5.74, 6) is -2.13. The maximum absolute atomic E-state index is 13.9. The highest BCUT2D eigenvalue weighted by Crippen LogP contribution is 2.36. The van der Waals surface area contributed by atoms with Gasteiger partial charge >= 0.3 is 6.18 Å². The lowest BCUT2D eigenvalue weighted by Crippen LogP contribution is -2.30. The first-order valence-corrected chi connectivity index (χ1v) is 8.52. The van der Waals surface area contributed by atoms with E-state index in [1.807, 2.05) is 4.90 Å². The van der Waals surface area contributed by atoms with Crippen molar-refractivity contribution in [2.75, 3.05) is 23.3 Å². The number of rotatable bonds is 3. The van der Waals surface area contributed by atoms with E-state index in [1.165, 1.54) is 6.07 Å². The Hall–Kier alpha value is -2.77. The molecular formula is C19H18F4N2O2. The lowest BCUT2D eigenvalue weighted by Gasteiger charge is -2.31. The maximum atomic E-state index is 13.9. The summed E-state index contributed by atoms with van der Waals surface area (Å²) in [6.45, 7) is 1.32. The molecule has 0 atom stereocenters. The number of piperidine rings is 1. The minimum Gasteiger partial charge on any atom is -0.508 e. The second-order valence-electron chi connectivity index (χ2n) is 6.40. The predicted molar refractivity (Wildman–Crippen MR) is 93.5 cm³/mol. The highest BCUT2D eigenvalue weighted by molar-refractivity contribution is 6.06. The van der Waals surface area contributed by atoms with Gasteiger partial charge in [-0.2, -0.15) is 13.2 Å². The van der Waals surface area contributed by atoms with Crippen LogP contribution in [0.15, 0.2) is 36.4 Å². The van der Waals surface area contributed by atoms with E-state index in [4.69, 9.17) is 0 Å². The van der Waals surface area contributed by atoms with Crippen molar-refractivity contribution in [2.45, 2.75) is 25.4 Å². The van der Waals surface area contributed by atoms with Gasteiger partial charge in [-0.15, -0.1) is 0 Å². The highest BCUT2D eigenvalue weighted by Gasteiger charge is 2.32. The normalized spacial score (nSPS) is 14.9. The molecule has 1 aliphatic heterocycles. The predicted octanol–water partition coefficient (Wildman–Crippen LogP) is 4.79. The van der Waals surface area contributed by atoms with E-state index in [0.717, 1.165) is 49.6 Å². The van der Waals surface area contributed by atoms with Gasteiger partial charge in [-0.05, 0) is 55.7 Å². The topological polar surface area (TPSA) is 52.6 Å². The summed E-state index contributed by atoms with van der Waals surface area (Å²) in [4.78, 5) is 14.3. The molecule has 1 amide bonds. The zero-order valence-electron chi connectivity index (χ0n) is 14.3. The number of amides is 1. The van der Waals surface area contributed by atoms with Crippen molar-refractivity contribution in [2.24, 2.45) is 0 Å². The molecule has 0 aromatic heterocycles. The summed E-state index contributed by atoms with van der Waals surface area (Å²) in [5, 5.41) is 11.8. The molecular weight excluding hydrogens is 364 g/mol. The van der Waals surface area contributed by atoms with Crippen LogP contribution in [0.4, 0.5) is 28.9 Å². The fourth-order valence-electron chi connectivity index (χ4n) is 3.10. The summed E-state index contributed by atoms with van der Waals surface area (Å²) >= 11 is 0. The van der Waals surface area contributed by atoms with Gasteiger partial charge in [0.15, 0.2) is 0 Å². The van der Waals surface area contributed by atoms with Crippen molar-refractivity contribution < 1.29 is 27.5 Å². The summed E-state index contributed by atoms with van der Waals surface area (Å²) in [6, 6.07) is 6.07. The lowest BCUT2D eigenvalue weighted by molar-refractivity contribution is -0.137. The number of phenols is 1. The van der Waals surface area contributed by atoms with E-state index in [9.17, 15) is 27.5 Å². The Kier molecular flexibility index (Phi) is 5.25. The molecule has 0 unspecified atom stereocenters. The number of halogens is 4. The number of aromatic hydroxyl groups is 1. The molecule has 8 heteroatoms. The molecule has 1 heterocycles. The van der Waals surface area contributed by atoms with E-state index in [2.05, 4.69) is 5.32 Å². The second-order valence-corrected chi connectivity index (χ2v) is 6.40. The Morgan fingerprint density at radius 3 is 2.41 bits per heavy atom. The van der Waals surface area contributed by atoms with Crippen LogP contribution in [-0.2, 0) is 6.18 Å². The van der Waals surface area contributed by atoms with Crippen LogP contribution in [0.1, 0.15) is 35.2 Å². The molecule has 0 aliphatic carbocycles. The Morgan fingerprint density at radius 1 is 1.04 bits per heavy atom. The molecule has 27 heavy (non-hydrogen) atoms. The number of alkyl halides is 3. The Labute approximate surface area is 153 Å². The third-order valence-corrected chi connectivity index (χ3v) is 4.46. The molecule has 1 fully saturated rings. The molecule has 4 nitrogen and oxygen atoms in total. The van der Waals surface area contributed by atoms with Crippen LogP contribution >= 0.6 is 0 Å². The van der Waals surface area contributed by atoms with Gasteiger partial charge in [-0.1, -0.05) is 0 Å². The fourth-order valence-corrected chi connectivity index (χ4v) is 3.10. The smallest absolute Gasteiger partial charge is 0.416 e. The first-order chi connectivity index (χ1) is 12.8. The van der Waals surface area contributed by atoms with E-state index in [1.54, 1.807) is 0 Å². The molecule has 0 bridgehead atoms. The summed E-state index contributed by atoms with van der Waals surface area (Å²) < 4.78 is 53.2. The van der Waals surface area contributed by atoms with Gasteiger partial charge in [0, 0.05) is 13.1 Å². The number of carbonyl (C=O) groups excluding carboxylic acids is 1. The van der Waals surface area contributed by atoms with Crippen LogP contribution < -0.4 is 10.2 Å². The van der Waals surface area contributed by atoms with Crippen molar-refractivity contribution in [1.82, 2.24) is 0 Å². The van der Waals surface area contributed by atoms with Crippen LogP contribution in [0.2, 0.25) is 0 Å². The lowest BCUT2D eigenvalue weighted by atomic mass is 10.1. The number of benzene rings is 2. The minimum atomic E-state index is -4.57. The Balaban J connectivity index is 1.97. The number of hydrogen-bond acceptors (Lipinski definition) is 3. The average Bonchev–Trinajstić information content (AvgIpc) is 2.63. The van der Waals surface area contributed by atoms with Gasteiger partial charge in [0.2, 0.25) is 0 Å². The van der Waals surface area contributed by atoms with E-state index in [0.29, 0.717) is 18.8 Å². The zero-order chi connectivity index (χ0) is 19.6. The van der Waals surface area contributed by atoms with Gasteiger partial charge in [0.25, 0.3) is 5.91 Å². The standard InChI is InChI=1S/C19H18F4N2O2/c20-15-6-5-13(26)11-14(15)18(27)24-16-10-12(19(21,22)23)4-7-17(16)25-8-2-1-3-9-25/h4-7,10-11,26H,1-3,8-9H2,(H,24,27). The summed E-state index contributed by atoms with van der Waals surface area (Å²) in [6.07, 6.45) is -1.74. The Morgan fingerprint density at radius 2 is 1.74 bits per heavy atom. The van der Waals surface area contributed by atoms with Crippen molar-refractivity contribution in [3.8, 4) is 5.75 Å². The molecule has 2 N–H and O–H groups in total. The van der Waals surface area contributed by atoms with Crippen molar-refractivity contribution >= 4 is 17.3 Å². The second kappa shape index (κ2) is 7.46. The quantitative estimate of drug-likeness (QED) is 0.751. The van der Waals surface area contributed by atoms with Gasteiger partial charge in [-0.25, -0.2) is 4.39 Å². The molecule has 1 saturated heterocycles. The highest BCUT2D eigenvalue weighted by atomic mass is 19.4. The van der Waals surface area contributed by atoms with Gasteiger partial charge < -0.3 is 15.3 Å². The monoisotopic (exact) mass is 382 g/mol. The fraction of sp³-hybridized carbons (Fsp3) is 0.316. The molecule has 0 spiro atoms. The van der Waals surface area contributed by atoms with Crippen molar-refractivity contribution in [3.05, 3.63) is 53.3 Å². The van der Waals surface area contributed by atoms with Crippen molar-refractivity contribution in [1.29, 1.82) is 0 Å². The molecule has 3 rings (SSSR count). The van der Waals surface area contributed by atoms with E-state index in [-0.39, 0.29) is 11.4 Å². The van der Waals surface area contributed by atoms with Crippen molar-refractivity contribution in [3.63, 3.8) is 0 Å². The van der Waals surface area contributed by atoms with E-state index < -0.39 is 29.0 Å². The molecule has 0 radical (unpaired) electrons. The third kappa shape index (κ3) is 4.32. The van der Waals surface area contributed by atoms with Crippen LogP contribution in [-0.4, -0.2) is 24.1 Å². The van der Waals surface area contributed by atoms with Gasteiger partial charge in [0.05, 0.1) is 22.5 Å². The maximum Gasteiger partial charge on any atom is 0.416 e. The van der Waals surface area contributed by atoms with Crippen LogP contribution in [0.25, 0.3) is 0 Å². The number of nitrogens with one attached hydrogen (secondary N) is 1. The van der Waals surface area contributed by atoms with Gasteiger partial charge in [-0.3, -0.25) is 4.79 Å². The number of hydrogen-bond donors (Lipinski definition) is 2. The molecule has 1 aliphatic rings. The number of anilines is 2. The minimum absolute atomic E-state index is 0.0422. The number of carbonyl (C=O) groups is 1. The van der Waals surface area contributed by atoms with Crippen LogP contribution in [0.5, 0.6) is 5.75 Å². The van der Waals surface area contributed by atoms with Crippen LogP contribution in [0, 0.1) is 5.82 Å².